The van der Waals surface area contributed by atoms with Crippen LogP contribution in [0.3, 0.4) is 0 Å². The van der Waals surface area contributed by atoms with Gasteiger partial charge >= 0.3 is 6.09 Å². The SMILES string of the molecule is O=C(OCc1ccccc1)N1C[C@H]1COCc1ccccc1. The molecule has 0 saturated carbocycles. The molecule has 0 N–H and O–H groups in total. The molecule has 4 nitrogen and oxygen atoms in total. The third-order valence-electron chi connectivity index (χ3n) is 3.58. The van der Waals surface area contributed by atoms with Crippen molar-refractivity contribution in [3.63, 3.8) is 0 Å². The van der Waals surface area contributed by atoms with Gasteiger partial charge in [-0.1, -0.05) is 60.7 Å². The number of amides is 1. The lowest BCUT2D eigenvalue weighted by Gasteiger charge is -2.07. The number of carbonyl (C=O) groups excluding carboxylic acids is 1. The van der Waals surface area contributed by atoms with Gasteiger partial charge in [0.15, 0.2) is 0 Å². The fraction of sp³-hybridized carbons (Fsp3) is 0.278. The van der Waals surface area contributed by atoms with E-state index < -0.39 is 0 Å². The van der Waals surface area contributed by atoms with Crippen LogP contribution in [0.15, 0.2) is 60.7 Å². The lowest BCUT2D eigenvalue weighted by Crippen LogP contribution is -2.17. The van der Waals surface area contributed by atoms with Crippen molar-refractivity contribution in [1.29, 1.82) is 0 Å². The van der Waals surface area contributed by atoms with Gasteiger partial charge in [-0.2, -0.15) is 0 Å². The second kappa shape index (κ2) is 7.09. The van der Waals surface area contributed by atoms with Crippen molar-refractivity contribution in [2.75, 3.05) is 13.2 Å². The summed E-state index contributed by atoms with van der Waals surface area (Å²) in [5.41, 5.74) is 2.14. The van der Waals surface area contributed by atoms with Crippen LogP contribution in [-0.2, 0) is 22.7 Å². The van der Waals surface area contributed by atoms with E-state index in [1.165, 1.54) is 0 Å². The van der Waals surface area contributed by atoms with E-state index in [2.05, 4.69) is 0 Å². The van der Waals surface area contributed by atoms with Gasteiger partial charge in [0, 0.05) is 6.54 Å². The Morgan fingerprint density at radius 2 is 1.55 bits per heavy atom. The molecule has 1 amide bonds. The van der Waals surface area contributed by atoms with Crippen LogP contribution in [0.2, 0.25) is 0 Å². The van der Waals surface area contributed by atoms with Crippen molar-refractivity contribution in [3.05, 3.63) is 71.8 Å². The summed E-state index contributed by atoms with van der Waals surface area (Å²) in [7, 11) is 0. The molecule has 0 aromatic heterocycles. The van der Waals surface area contributed by atoms with Gasteiger partial charge in [-0.25, -0.2) is 4.79 Å². The second-order valence-electron chi connectivity index (χ2n) is 5.35. The molecule has 0 unspecified atom stereocenters. The van der Waals surface area contributed by atoms with E-state index in [1.54, 1.807) is 4.90 Å². The summed E-state index contributed by atoms with van der Waals surface area (Å²) in [6, 6.07) is 19.8. The zero-order chi connectivity index (χ0) is 15.2. The van der Waals surface area contributed by atoms with Crippen LogP contribution in [0.1, 0.15) is 11.1 Å². The molecule has 1 aliphatic heterocycles. The maximum absolute atomic E-state index is 11.9. The number of ether oxygens (including phenoxy) is 2. The molecule has 3 rings (SSSR count). The summed E-state index contributed by atoms with van der Waals surface area (Å²) in [5, 5.41) is 0. The first-order valence-electron chi connectivity index (χ1n) is 7.42. The van der Waals surface area contributed by atoms with Gasteiger partial charge < -0.3 is 9.47 Å². The second-order valence-corrected chi connectivity index (χ2v) is 5.35. The first-order chi connectivity index (χ1) is 10.8. The highest BCUT2D eigenvalue weighted by atomic mass is 16.6. The third-order valence-corrected chi connectivity index (χ3v) is 3.58. The van der Waals surface area contributed by atoms with Gasteiger partial charge in [0.25, 0.3) is 0 Å². The van der Waals surface area contributed by atoms with E-state index in [-0.39, 0.29) is 12.1 Å². The molecule has 22 heavy (non-hydrogen) atoms. The van der Waals surface area contributed by atoms with Gasteiger partial charge in [-0.05, 0) is 11.1 Å². The summed E-state index contributed by atoms with van der Waals surface area (Å²) in [6.45, 7) is 2.15. The Labute approximate surface area is 130 Å². The lowest BCUT2D eigenvalue weighted by atomic mass is 10.2. The number of benzene rings is 2. The molecule has 4 heteroatoms. The van der Waals surface area contributed by atoms with Crippen molar-refractivity contribution >= 4 is 6.09 Å². The topological polar surface area (TPSA) is 38.5 Å². The Balaban J connectivity index is 1.34. The van der Waals surface area contributed by atoms with Gasteiger partial charge in [0.1, 0.15) is 6.61 Å². The molecule has 1 heterocycles. The number of rotatable bonds is 6. The minimum atomic E-state index is -0.267. The molecular weight excluding hydrogens is 278 g/mol. The molecule has 2 aromatic carbocycles. The molecule has 1 atom stereocenters. The van der Waals surface area contributed by atoms with Crippen LogP contribution in [0.25, 0.3) is 0 Å². The zero-order valence-corrected chi connectivity index (χ0v) is 12.4. The van der Waals surface area contributed by atoms with E-state index in [4.69, 9.17) is 9.47 Å². The Morgan fingerprint density at radius 1 is 0.955 bits per heavy atom. The summed E-state index contributed by atoms with van der Waals surface area (Å²) in [4.78, 5) is 13.6. The molecule has 114 valence electrons. The maximum atomic E-state index is 11.9. The molecule has 0 aliphatic carbocycles. The standard InChI is InChI=1S/C18H19NO3/c20-18(22-13-16-9-5-2-6-10-16)19-11-17(19)14-21-12-15-7-3-1-4-8-15/h1-10,17H,11-14H2/t17-,19?/m0/s1. The van der Waals surface area contributed by atoms with Crippen LogP contribution in [0.4, 0.5) is 4.79 Å². The average molecular weight is 297 g/mol. The number of nitrogens with zero attached hydrogens (tertiary/aromatic N) is 1. The first kappa shape index (κ1) is 14.6. The highest BCUT2D eigenvalue weighted by Gasteiger charge is 2.39. The van der Waals surface area contributed by atoms with Crippen molar-refractivity contribution in [1.82, 2.24) is 4.90 Å². The predicted molar refractivity (Wildman–Crippen MR) is 83.2 cm³/mol. The minimum Gasteiger partial charge on any atom is -0.445 e. The van der Waals surface area contributed by atoms with Crippen molar-refractivity contribution in [3.8, 4) is 0 Å². The van der Waals surface area contributed by atoms with Gasteiger partial charge in [0.2, 0.25) is 0 Å². The van der Waals surface area contributed by atoms with Crippen LogP contribution < -0.4 is 0 Å². The number of hydrogen-bond donors (Lipinski definition) is 0. The molecule has 1 fully saturated rings. The number of carbonyl (C=O) groups is 1. The smallest absolute Gasteiger partial charge is 0.410 e. The number of hydrogen-bond acceptors (Lipinski definition) is 3. The Bertz CT molecular complexity index is 600. The highest BCUT2D eigenvalue weighted by Crippen LogP contribution is 2.20. The van der Waals surface area contributed by atoms with Gasteiger partial charge in [-0.15, -0.1) is 0 Å². The van der Waals surface area contributed by atoms with Crippen LogP contribution >= 0.6 is 0 Å². The zero-order valence-electron chi connectivity index (χ0n) is 12.4. The van der Waals surface area contributed by atoms with E-state index in [1.807, 2.05) is 60.7 Å². The van der Waals surface area contributed by atoms with E-state index in [9.17, 15) is 4.79 Å². The fourth-order valence-electron chi connectivity index (χ4n) is 2.24. The average Bonchev–Trinajstić information content (AvgIpc) is 3.34. The van der Waals surface area contributed by atoms with Crippen molar-refractivity contribution < 1.29 is 14.3 Å². The van der Waals surface area contributed by atoms with Gasteiger partial charge in [0.05, 0.1) is 19.3 Å². The summed E-state index contributed by atoms with van der Waals surface area (Å²) >= 11 is 0. The molecule has 0 spiro atoms. The first-order valence-corrected chi connectivity index (χ1v) is 7.42. The molecule has 2 aromatic rings. The van der Waals surface area contributed by atoms with Crippen LogP contribution in [-0.4, -0.2) is 30.2 Å². The Hall–Kier alpha value is -2.33. The fourth-order valence-corrected chi connectivity index (χ4v) is 2.24. The normalized spacial score (nSPS) is 16.4. The Kier molecular flexibility index (Phi) is 4.71. The predicted octanol–water partition coefficient (Wildman–Crippen LogP) is 3.22. The quantitative estimate of drug-likeness (QED) is 0.768. The van der Waals surface area contributed by atoms with Gasteiger partial charge in [-0.3, -0.25) is 4.90 Å². The van der Waals surface area contributed by atoms with Crippen molar-refractivity contribution in [2.24, 2.45) is 0 Å². The summed E-state index contributed by atoms with van der Waals surface area (Å²) in [5.74, 6) is 0. The minimum absolute atomic E-state index is 0.145. The summed E-state index contributed by atoms with van der Waals surface area (Å²) < 4.78 is 10.9. The van der Waals surface area contributed by atoms with Crippen molar-refractivity contribution in [2.45, 2.75) is 19.3 Å². The third kappa shape index (κ3) is 4.09. The molecular formula is C18H19NO3. The molecule has 0 bridgehead atoms. The van der Waals surface area contributed by atoms with E-state index >= 15 is 0 Å². The highest BCUT2D eigenvalue weighted by molar-refractivity contribution is 5.71. The van der Waals surface area contributed by atoms with E-state index in [0.717, 1.165) is 11.1 Å². The van der Waals surface area contributed by atoms with Crippen LogP contribution in [0.5, 0.6) is 0 Å². The monoisotopic (exact) mass is 297 g/mol. The molecule has 1 aliphatic rings. The molecule has 0 radical (unpaired) electrons. The Morgan fingerprint density at radius 3 is 2.18 bits per heavy atom. The van der Waals surface area contributed by atoms with Crippen LogP contribution in [0, 0.1) is 0 Å². The largest absolute Gasteiger partial charge is 0.445 e. The summed E-state index contributed by atoms with van der Waals surface area (Å²) in [6.07, 6.45) is -0.267. The molecule has 1 saturated heterocycles. The van der Waals surface area contributed by atoms with E-state index in [0.29, 0.717) is 26.4 Å². The maximum Gasteiger partial charge on any atom is 0.410 e. The lowest BCUT2D eigenvalue weighted by molar-refractivity contribution is 0.0982.